The molecule has 4 heterocycles. The summed E-state index contributed by atoms with van der Waals surface area (Å²) in [6.07, 6.45) is 3.50. The molecular weight excluding hydrogens is 394 g/mol. The maximum absolute atomic E-state index is 12.6. The van der Waals surface area contributed by atoms with Crippen LogP contribution in [0.15, 0.2) is 23.3 Å². The van der Waals surface area contributed by atoms with Gasteiger partial charge in [-0.05, 0) is 37.6 Å². The largest absolute Gasteiger partial charge is 0.368 e. The second-order valence-corrected chi connectivity index (χ2v) is 8.53. The van der Waals surface area contributed by atoms with Crippen LogP contribution in [0.2, 0.25) is 0 Å². The standard InChI is InChI=1S/C22H35N7O2/c1-23-22(29-13-11-28(12-14-29)21(30)19-4-3-15-31-19)25-17-18-5-6-24-20(16-18)27-9-7-26(2)8-10-27/h5-6,16,19H,3-4,7-15,17H2,1-2H3,(H,23,25). The van der Waals surface area contributed by atoms with Crippen molar-refractivity contribution in [1.82, 2.24) is 25.0 Å². The number of anilines is 1. The number of likely N-dealkylation sites (N-methyl/N-ethyl adjacent to an activating group) is 1. The molecule has 0 spiro atoms. The van der Waals surface area contributed by atoms with Gasteiger partial charge in [0.25, 0.3) is 5.91 Å². The normalized spacial score (nSPS) is 23.4. The fourth-order valence-electron chi connectivity index (χ4n) is 4.41. The van der Waals surface area contributed by atoms with Crippen LogP contribution in [0.5, 0.6) is 0 Å². The van der Waals surface area contributed by atoms with Crippen molar-refractivity contribution in [3.8, 4) is 0 Å². The van der Waals surface area contributed by atoms with Gasteiger partial charge in [-0.2, -0.15) is 0 Å². The molecule has 1 aromatic rings. The Morgan fingerprint density at radius 2 is 1.90 bits per heavy atom. The van der Waals surface area contributed by atoms with E-state index >= 15 is 0 Å². The fourth-order valence-corrected chi connectivity index (χ4v) is 4.41. The first-order valence-corrected chi connectivity index (χ1v) is 11.4. The molecule has 31 heavy (non-hydrogen) atoms. The molecule has 3 aliphatic rings. The zero-order chi connectivity index (χ0) is 21.6. The van der Waals surface area contributed by atoms with Crippen LogP contribution in [0.3, 0.4) is 0 Å². The minimum absolute atomic E-state index is 0.147. The number of hydrogen-bond donors (Lipinski definition) is 1. The maximum Gasteiger partial charge on any atom is 0.251 e. The number of guanidine groups is 1. The average Bonchev–Trinajstić information content (AvgIpc) is 3.35. The number of rotatable bonds is 4. The zero-order valence-corrected chi connectivity index (χ0v) is 18.8. The van der Waals surface area contributed by atoms with E-state index in [0.29, 0.717) is 26.2 Å². The third-order valence-corrected chi connectivity index (χ3v) is 6.40. The SMILES string of the molecule is CN=C(NCc1ccnc(N2CCN(C)CC2)c1)N1CCN(C(=O)C2CCCO2)CC1. The number of ether oxygens (including phenoxy) is 1. The first-order chi connectivity index (χ1) is 15.1. The Labute approximate surface area is 185 Å². The molecule has 0 radical (unpaired) electrons. The highest BCUT2D eigenvalue weighted by atomic mass is 16.5. The molecule has 0 saturated carbocycles. The van der Waals surface area contributed by atoms with Crippen molar-refractivity contribution in [2.75, 3.05) is 78.0 Å². The summed E-state index contributed by atoms with van der Waals surface area (Å²) < 4.78 is 5.56. The highest BCUT2D eigenvalue weighted by Crippen LogP contribution is 2.17. The predicted molar refractivity (Wildman–Crippen MR) is 121 cm³/mol. The number of pyridine rings is 1. The van der Waals surface area contributed by atoms with Gasteiger partial charge in [0.1, 0.15) is 11.9 Å². The van der Waals surface area contributed by atoms with E-state index in [1.165, 1.54) is 5.56 Å². The van der Waals surface area contributed by atoms with Crippen molar-refractivity contribution in [3.05, 3.63) is 23.9 Å². The van der Waals surface area contributed by atoms with E-state index in [4.69, 9.17) is 4.74 Å². The van der Waals surface area contributed by atoms with Gasteiger partial charge in [-0.1, -0.05) is 0 Å². The van der Waals surface area contributed by atoms with Crippen LogP contribution >= 0.6 is 0 Å². The molecule has 3 saturated heterocycles. The van der Waals surface area contributed by atoms with Gasteiger partial charge in [0, 0.05) is 78.8 Å². The lowest BCUT2D eigenvalue weighted by Crippen LogP contribution is -2.55. The molecule has 1 amide bonds. The third kappa shape index (κ3) is 5.46. The van der Waals surface area contributed by atoms with Crippen molar-refractivity contribution >= 4 is 17.7 Å². The first-order valence-electron chi connectivity index (χ1n) is 11.4. The van der Waals surface area contributed by atoms with E-state index in [-0.39, 0.29) is 12.0 Å². The van der Waals surface area contributed by atoms with Crippen LogP contribution < -0.4 is 10.2 Å². The Bertz CT molecular complexity index is 765. The van der Waals surface area contributed by atoms with Gasteiger partial charge in [-0.25, -0.2) is 4.98 Å². The van der Waals surface area contributed by atoms with Crippen molar-refractivity contribution in [3.63, 3.8) is 0 Å². The molecule has 0 bridgehead atoms. The Kier molecular flexibility index (Phi) is 7.24. The first kappa shape index (κ1) is 21.8. The summed E-state index contributed by atoms with van der Waals surface area (Å²) in [4.78, 5) is 30.5. The minimum atomic E-state index is -0.231. The summed E-state index contributed by atoms with van der Waals surface area (Å²) in [5.41, 5.74) is 1.19. The average molecular weight is 430 g/mol. The zero-order valence-electron chi connectivity index (χ0n) is 18.8. The summed E-state index contributed by atoms with van der Waals surface area (Å²) in [5.74, 6) is 2.07. The lowest BCUT2D eigenvalue weighted by atomic mass is 10.2. The third-order valence-electron chi connectivity index (χ3n) is 6.40. The fraction of sp³-hybridized carbons (Fsp3) is 0.682. The monoisotopic (exact) mass is 429 g/mol. The molecule has 1 unspecified atom stereocenters. The Morgan fingerprint density at radius 1 is 1.16 bits per heavy atom. The van der Waals surface area contributed by atoms with Gasteiger partial charge in [0.2, 0.25) is 0 Å². The van der Waals surface area contributed by atoms with Crippen LogP contribution in [0, 0.1) is 0 Å². The molecule has 170 valence electrons. The molecular formula is C22H35N7O2. The number of aliphatic imine (C=N–C) groups is 1. The summed E-state index contributed by atoms with van der Waals surface area (Å²) in [7, 11) is 3.98. The number of carbonyl (C=O) groups excluding carboxylic acids is 1. The molecule has 1 aromatic heterocycles. The Hall–Kier alpha value is -2.39. The second kappa shape index (κ2) is 10.3. The second-order valence-electron chi connectivity index (χ2n) is 8.53. The number of piperazine rings is 2. The van der Waals surface area contributed by atoms with Gasteiger partial charge >= 0.3 is 0 Å². The van der Waals surface area contributed by atoms with Crippen LogP contribution in [0.4, 0.5) is 5.82 Å². The van der Waals surface area contributed by atoms with E-state index < -0.39 is 0 Å². The molecule has 4 rings (SSSR count). The van der Waals surface area contributed by atoms with E-state index in [2.05, 4.69) is 49.2 Å². The lowest BCUT2D eigenvalue weighted by Gasteiger charge is -2.37. The topological polar surface area (TPSA) is 76.5 Å². The molecule has 1 N–H and O–H groups in total. The molecule has 9 nitrogen and oxygen atoms in total. The highest BCUT2D eigenvalue weighted by molar-refractivity contribution is 5.82. The summed E-state index contributed by atoms with van der Waals surface area (Å²) in [5, 5.41) is 3.49. The van der Waals surface area contributed by atoms with Crippen molar-refractivity contribution < 1.29 is 9.53 Å². The van der Waals surface area contributed by atoms with Gasteiger partial charge in [0.05, 0.1) is 0 Å². The van der Waals surface area contributed by atoms with Gasteiger partial charge in [-0.3, -0.25) is 9.79 Å². The van der Waals surface area contributed by atoms with E-state index in [9.17, 15) is 4.79 Å². The molecule has 1 atom stereocenters. The maximum atomic E-state index is 12.6. The number of amides is 1. The van der Waals surface area contributed by atoms with Crippen LogP contribution in [0.25, 0.3) is 0 Å². The van der Waals surface area contributed by atoms with Crippen molar-refractivity contribution in [2.45, 2.75) is 25.5 Å². The number of hydrogen-bond acceptors (Lipinski definition) is 6. The Balaban J connectivity index is 1.27. The molecule has 9 heteroatoms. The van der Waals surface area contributed by atoms with Crippen LogP contribution in [-0.2, 0) is 16.1 Å². The number of carbonyl (C=O) groups is 1. The lowest BCUT2D eigenvalue weighted by molar-refractivity contribution is -0.142. The summed E-state index contributed by atoms with van der Waals surface area (Å²) in [6, 6.07) is 4.22. The summed E-state index contributed by atoms with van der Waals surface area (Å²) >= 11 is 0. The van der Waals surface area contributed by atoms with E-state index in [1.54, 1.807) is 0 Å². The number of nitrogens with zero attached hydrogens (tertiary/aromatic N) is 6. The molecule has 0 aromatic carbocycles. The van der Waals surface area contributed by atoms with Crippen LogP contribution in [-0.4, -0.2) is 111 Å². The van der Waals surface area contributed by atoms with Crippen LogP contribution in [0.1, 0.15) is 18.4 Å². The molecule has 3 fully saturated rings. The predicted octanol–water partition coefficient (Wildman–Crippen LogP) is 0.232. The van der Waals surface area contributed by atoms with Crippen molar-refractivity contribution in [1.29, 1.82) is 0 Å². The quantitative estimate of drug-likeness (QED) is 0.542. The van der Waals surface area contributed by atoms with E-state index in [0.717, 1.165) is 63.9 Å². The van der Waals surface area contributed by atoms with Gasteiger partial charge in [-0.15, -0.1) is 0 Å². The minimum Gasteiger partial charge on any atom is -0.368 e. The smallest absolute Gasteiger partial charge is 0.251 e. The molecule has 0 aliphatic carbocycles. The number of nitrogens with one attached hydrogen (secondary N) is 1. The highest BCUT2D eigenvalue weighted by Gasteiger charge is 2.30. The van der Waals surface area contributed by atoms with E-state index in [1.807, 2.05) is 18.1 Å². The Morgan fingerprint density at radius 3 is 2.58 bits per heavy atom. The molecule has 3 aliphatic heterocycles. The van der Waals surface area contributed by atoms with Gasteiger partial charge < -0.3 is 29.7 Å². The summed E-state index contributed by atoms with van der Waals surface area (Å²) in [6.45, 7) is 8.54. The van der Waals surface area contributed by atoms with Gasteiger partial charge in [0.15, 0.2) is 5.96 Å². The van der Waals surface area contributed by atoms with Crippen molar-refractivity contribution in [2.24, 2.45) is 4.99 Å². The number of aromatic nitrogens is 1.